The first kappa shape index (κ1) is 15.8. The Morgan fingerprint density at radius 1 is 1.33 bits per heavy atom. The molecular weight excluding hydrogens is 254 g/mol. The van der Waals surface area contributed by atoms with Crippen LogP contribution in [0.5, 0.6) is 0 Å². The highest BCUT2D eigenvalue weighted by molar-refractivity contribution is 7.86. The summed E-state index contributed by atoms with van der Waals surface area (Å²) in [6.45, 7) is 7.42. The lowest BCUT2D eigenvalue weighted by Gasteiger charge is -2.32. The van der Waals surface area contributed by atoms with Crippen molar-refractivity contribution >= 4 is 10.2 Å². The van der Waals surface area contributed by atoms with Gasteiger partial charge in [-0.3, -0.25) is 0 Å². The van der Waals surface area contributed by atoms with E-state index in [1.807, 2.05) is 13.8 Å². The van der Waals surface area contributed by atoms with Crippen LogP contribution in [0.4, 0.5) is 0 Å². The van der Waals surface area contributed by atoms with Crippen LogP contribution in [0, 0.1) is 5.92 Å². The minimum atomic E-state index is -3.36. The largest absolute Gasteiger partial charge is 0.379 e. The Morgan fingerprint density at radius 2 is 1.94 bits per heavy atom. The summed E-state index contributed by atoms with van der Waals surface area (Å²) >= 11 is 0. The molecule has 2 N–H and O–H groups in total. The smallest absolute Gasteiger partial charge is 0.282 e. The van der Waals surface area contributed by atoms with E-state index in [-0.39, 0.29) is 0 Å². The third-order valence-electron chi connectivity index (χ3n) is 2.80. The van der Waals surface area contributed by atoms with Gasteiger partial charge < -0.3 is 10.5 Å². The molecule has 1 fully saturated rings. The Morgan fingerprint density at radius 3 is 2.44 bits per heavy atom. The second kappa shape index (κ2) is 7.40. The molecule has 6 nitrogen and oxygen atoms in total. The topological polar surface area (TPSA) is 75.9 Å². The van der Waals surface area contributed by atoms with Crippen molar-refractivity contribution in [1.29, 1.82) is 0 Å². The molecule has 0 unspecified atom stereocenters. The van der Waals surface area contributed by atoms with Crippen molar-refractivity contribution in [2.75, 3.05) is 45.9 Å². The van der Waals surface area contributed by atoms with Crippen LogP contribution in [0.2, 0.25) is 0 Å². The first-order chi connectivity index (χ1) is 8.48. The summed E-state index contributed by atoms with van der Waals surface area (Å²) in [5.74, 6) is 0.304. The number of hydrogen-bond acceptors (Lipinski definition) is 4. The van der Waals surface area contributed by atoms with Gasteiger partial charge in [0.25, 0.3) is 10.2 Å². The van der Waals surface area contributed by atoms with Crippen LogP contribution in [-0.4, -0.2) is 63.0 Å². The molecule has 108 valence electrons. The first-order valence-electron chi connectivity index (χ1n) is 6.51. The number of morpholine rings is 1. The second-order valence-corrected chi connectivity index (χ2v) is 6.84. The molecule has 1 aliphatic heterocycles. The van der Waals surface area contributed by atoms with Gasteiger partial charge in [-0.25, -0.2) is 0 Å². The minimum Gasteiger partial charge on any atom is -0.379 e. The molecule has 18 heavy (non-hydrogen) atoms. The Balaban J connectivity index is 2.73. The van der Waals surface area contributed by atoms with E-state index in [4.69, 9.17) is 10.5 Å². The van der Waals surface area contributed by atoms with Gasteiger partial charge >= 0.3 is 0 Å². The molecule has 0 aliphatic carbocycles. The Bertz CT molecular complexity index is 326. The molecule has 7 heteroatoms. The number of ether oxygens (including phenoxy) is 1. The zero-order valence-corrected chi connectivity index (χ0v) is 12.2. The summed E-state index contributed by atoms with van der Waals surface area (Å²) in [5, 5.41) is 0. The summed E-state index contributed by atoms with van der Waals surface area (Å²) in [4.78, 5) is 0. The third-order valence-corrected chi connectivity index (χ3v) is 4.80. The van der Waals surface area contributed by atoms with Crippen molar-refractivity contribution in [3.63, 3.8) is 0 Å². The van der Waals surface area contributed by atoms with E-state index in [9.17, 15) is 8.42 Å². The molecule has 1 aliphatic rings. The molecule has 1 rings (SSSR count). The van der Waals surface area contributed by atoms with Gasteiger partial charge in [0.15, 0.2) is 0 Å². The van der Waals surface area contributed by atoms with Crippen molar-refractivity contribution in [2.24, 2.45) is 11.7 Å². The number of nitrogens with zero attached hydrogens (tertiary/aromatic N) is 2. The van der Waals surface area contributed by atoms with Crippen LogP contribution < -0.4 is 5.73 Å². The average molecular weight is 279 g/mol. The van der Waals surface area contributed by atoms with Crippen molar-refractivity contribution in [2.45, 2.75) is 20.3 Å². The quantitative estimate of drug-likeness (QED) is 0.704. The highest BCUT2D eigenvalue weighted by Gasteiger charge is 2.30. The monoisotopic (exact) mass is 279 g/mol. The summed E-state index contributed by atoms with van der Waals surface area (Å²) in [6.07, 6.45) is 0.691. The predicted octanol–water partition coefficient (Wildman–Crippen LogP) is -0.130. The maximum Gasteiger partial charge on any atom is 0.282 e. The van der Waals surface area contributed by atoms with Crippen molar-refractivity contribution < 1.29 is 13.2 Å². The van der Waals surface area contributed by atoms with E-state index < -0.39 is 10.2 Å². The fraction of sp³-hybridized carbons (Fsp3) is 1.00. The van der Waals surface area contributed by atoms with Crippen LogP contribution >= 0.6 is 0 Å². The van der Waals surface area contributed by atoms with E-state index in [2.05, 4.69) is 0 Å². The number of nitrogens with two attached hydrogens (primary N) is 1. The van der Waals surface area contributed by atoms with Crippen molar-refractivity contribution in [3.8, 4) is 0 Å². The molecule has 0 amide bonds. The second-order valence-electron chi connectivity index (χ2n) is 4.91. The molecule has 0 spiro atoms. The van der Waals surface area contributed by atoms with Gasteiger partial charge in [-0.05, 0) is 18.9 Å². The minimum absolute atomic E-state index is 0.304. The van der Waals surface area contributed by atoms with Gasteiger partial charge in [-0.15, -0.1) is 0 Å². The van der Waals surface area contributed by atoms with Gasteiger partial charge in [-0.1, -0.05) is 13.8 Å². The third kappa shape index (κ3) is 4.47. The van der Waals surface area contributed by atoms with Gasteiger partial charge in [-0.2, -0.15) is 17.0 Å². The molecule has 0 aromatic rings. The summed E-state index contributed by atoms with van der Waals surface area (Å²) in [5.41, 5.74) is 5.47. The standard InChI is InChI=1S/C11H25N3O3S/c1-11(2)10-14(5-3-4-12)18(15,16)13-6-8-17-9-7-13/h11H,3-10,12H2,1-2H3. The lowest BCUT2D eigenvalue weighted by molar-refractivity contribution is 0.0699. The van der Waals surface area contributed by atoms with Crippen LogP contribution in [0.3, 0.4) is 0 Å². The van der Waals surface area contributed by atoms with E-state index in [0.29, 0.717) is 58.3 Å². The van der Waals surface area contributed by atoms with Gasteiger partial charge in [0.2, 0.25) is 0 Å². The molecule has 0 radical (unpaired) electrons. The van der Waals surface area contributed by atoms with E-state index in [1.54, 1.807) is 4.31 Å². The molecule has 0 aromatic heterocycles. The normalized spacial score (nSPS) is 18.7. The van der Waals surface area contributed by atoms with Crippen LogP contribution in [0.25, 0.3) is 0 Å². The first-order valence-corrected chi connectivity index (χ1v) is 7.91. The summed E-state index contributed by atoms with van der Waals surface area (Å²) in [6, 6.07) is 0. The molecular formula is C11H25N3O3S. The molecule has 0 bridgehead atoms. The molecule has 1 heterocycles. The SMILES string of the molecule is CC(C)CN(CCCN)S(=O)(=O)N1CCOCC1. The molecule has 0 atom stereocenters. The summed E-state index contributed by atoms with van der Waals surface area (Å²) in [7, 11) is -3.36. The maximum atomic E-state index is 12.5. The van der Waals surface area contributed by atoms with Gasteiger partial charge in [0.1, 0.15) is 0 Å². The van der Waals surface area contributed by atoms with E-state index >= 15 is 0 Å². The predicted molar refractivity (Wildman–Crippen MR) is 71.4 cm³/mol. The van der Waals surface area contributed by atoms with Crippen LogP contribution in [0.1, 0.15) is 20.3 Å². The van der Waals surface area contributed by atoms with Crippen LogP contribution in [0.15, 0.2) is 0 Å². The van der Waals surface area contributed by atoms with Crippen molar-refractivity contribution in [3.05, 3.63) is 0 Å². The lowest BCUT2D eigenvalue weighted by Crippen LogP contribution is -2.49. The van der Waals surface area contributed by atoms with E-state index in [0.717, 1.165) is 0 Å². The van der Waals surface area contributed by atoms with Crippen molar-refractivity contribution in [1.82, 2.24) is 8.61 Å². The maximum absolute atomic E-state index is 12.5. The Kier molecular flexibility index (Phi) is 6.51. The number of hydrogen-bond donors (Lipinski definition) is 1. The fourth-order valence-electron chi connectivity index (χ4n) is 1.92. The summed E-state index contributed by atoms with van der Waals surface area (Å²) < 4.78 is 33.2. The molecule has 0 saturated carbocycles. The van der Waals surface area contributed by atoms with E-state index in [1.165, 1.54) is 4.31 Å². The zero-order valence-electron chi connectivity index (χ0n) is 11.3. The molecule has 0 aromatic carbocycles. The Labute approximate surface area is 110 Å². The number of rotatable bonds is 7. The van der Waals surface area contributed by atoms with Gasteiger partial charge in [0.05, 0.1) is 13.2 Å². The average Bonchev–Trinajstić information content (AvgIpc) is 2.35. The fourth-order valence-corrected chi connectivity index (χ4v) is 3.70. The highest BCUT2D eigenvalue weighted by Crippen LogP contribution is 2.13. The van der Waals surface area contributed by atoms with Gasteiger partial charge in [0, 0.05) is 26.2 Å². The zero-order chi connectivity index (χ0) is 13.6. The highest BCUT2D eigenvalue weighted by atomic mass is 32.2. The molecule has 1 saturated heterocycles. The lowest BCUT2D eigenvalue weighted by atomic mass is 10.2. The Hall–Kier alpha value is -0.210. The van der Waals surface area contributed by atoms with Crippen LogP contribution in [-0.2, 0) is 14.9 Å².